The molecule has 0 aliphatic heterocycles. The van der Waals surface area contributed by atoms with Crippen LogP contribution in [-0.2, 0) is 0 Å². The van der Waals surface area contributed by atoms with Crippen molar-refractivity contribution in [2.75, 3.05) is 0 Å². The van der Waals surface area contributed by atoms with Gasteiger partial charge in [0, 0.05) is 43.7 Å². The average Bonchev–Trinajstić information content (AvgIpc) is 3.85. The summed E-state index contributed by atoms with van der Waals surface area (Å²) in [6, 6.07) is 65.4. The maximum absolute atomic E-state index is 6.67. The van der Waals surface area contributed by atoms with E-state index >= 15 is 0 Å². The summed E-state index contributed by atoms with van der Waals surface area (Å²) in [5, 5.41) is 7.21. The van der Waals surface area contributed by atoms with Gasteiger partial charge in [-0.05, 0) is 89.0 Å². The van der Waals surface area contributed by atoms with Gasteiger partial charge in [0.2, 0.25) is 0 Å². The van der Waals surface area contributed by atoms with E-state index in [1.165, 1.54) is 49.2 Å². The van der Waals surface area contributed by atoms with Crippen LogP contribution in [0.5, 0.6) is 0 Å². The molecule has 51 heavy (non-hydrogen) atoms. The Hall–Kier alpha value is -6.84. The van der Waals surface area contributed by atoms with Crippen LogP contribution in [0.3, 0.4) is 0 Å². The van der Waals surface area contributed by atoms with Crippen molar-refractivity contribution >= 4 is 65.6 Å². The molecule has 11 rings (SSSR count). The van der Waals surface area contributed by atoms with Crippen LogP contribution in [0, 0.1) is 0 Å². The molecule has 0 aliphatic carbocycles. The molecule has 0 atom stereocenters. The fraction of sp³-hybridized carbons (Fsp3) is 0. The first-order valence-corrected chi connectivity index (χ1v) is 17.4. The van der Waals surface area contributed by atoms with E-state index in [2.05, 4.69) is 191 Å². The maximum Gasteiger partial charge on any atom is 0.136 e. The van der Waals surface area contributed by atoms with Gasteiger partial charge in [-0.25, -0.2) is 0 Å². The molecule has 8 aromatic carbocycles. The second-order valence-electron chi connectivity index (χ2n) is 13.3. The minimum absolute atomic E-state index is 0.885. The van der Waals surface area contributed by atoms with Crippen LogP contribution in [0.15, 0.2) is 186 Å². The van der Waals surface area contributed by atoms with Gasteiger partial charge in [-0.1, -0.05) is 115 Å². The summed E-state index contributed by atoms with van der Waals surface area (Å²) in [5.74, 6) is 0. The summed E-state index contributed by atoms with van der Waals surface area (Å²) in [6.45, 7) is 0. The lowest BCUT2D eigenvalue weighted by Crippen LogP contribution is -1.93. The van der Waals surface area contributed by atoms with E-state index in [1.54, 1.807) is 0 Å². The zero-order valence-corrected chi connectivity index (χ0v) is 27.6. The Kier molecular flexibility index (Phi) is 5.96. The molecule has 238 valence electrons. The van der Waals surface area contributed by atoms with Gasteiger partial charge in [0.25, 0.3) is 0 Å². The topological polar surface area (TPSA) is 23.0 Å². The molecule has 3 heteroatoms. The summed E-state index contributed by atoms with van der Waals surface area (Å²) in [4.78, 5) is 0. The molecule has 0 aliphatic rings. The first kappa shape index (κ1) is 28.0. The number of aromatic nitrogens is 2. The van der Waals surface area contributed by atoms with E-state index in [0.717, 1.165) is 50.0 Å². The third-order valence-corrected chi connectivity index (χ3v) is 10.5. The molecular weight excluding hydrogens is 621 g/mol. The molecule has 0 fully saturated rings. The van der Waals surface area contributed by atoms with Crippen LogP contribution >= 0.6 is 0 Å². The average molecular weight is 651 g/mol. The summed E-state index contributed by atoms with van der Waals surface area (Å²) in [5.41, 5.74) is 13.4. The highest BCUT2D eigenvalue weighted by Crippen LogP contribution is 2.45. The van der Waals surface area contributed by atoms with Gasteiger partial charge < -0.3 is 13.6 Å². The Bertz CT molecular complexity index is 3130. The van der Waals surface area contributed by atoms with E-state index < -0.39 is 0 Å². The van der Waals surface area contributed by atoms with Crippen LogP contribution in [0.4, 0.5) is 0 Å². The Balaban J connectivity index is 1.23. The lowest BCUT2D eigenvalue weighted by Gasteiger charge is -2.12. The van der Waals surface area contributed by atoms with E-state index in [4.69, 9.17) is 4.42 Å². The minimum Gasteiger partial charge on any atom is -0.456 e. The molecule has 3 heterocycles. The van der Waals surface area contributed by atoms with Gasteiger partial charge in [-0.3, -0.25) is 0 Å². The monoisotopic (exact) mass is 650 g/mol. The molecule has 0 bridgehead atoms. The number of nitrogens with zero attached hydrogens (tertiary/aromatic N) is 2. The molecule has 0 unspecified atom stereocenters. The van der Waals surface area contributed by atoms with Gasteiger partial charge in [0.05, 0.1) is 22.1 Å². The van der Waals surface area contributed by atoms with E-state index in [0.29, 0.717) is 0 Å². The predicted octanol–water partition coefficient (Wildman–Crippen LogP) is 13.1. The third-order valence-electron chi connectivity index (χ3n) is 10.5. The number of hydrogen-bond acceptors (Lipinski definition) is 1. The van der Waals surface area contributed by atoms with Crippen molar-refractivity contribution in [3.05, 3.63) is 182 Å². The molecule has 3 aromatic heterocycles. The number of para-hydroxylation sites is 5. The van der Waals surface area contributed by atoms with Crippen molar-refractivity contribution in [1.29, 1.82) is 0 Å². The highest BCUT2D eigenvalue weighted by Gasteiger charge is 2.21. The standard InChI is InChI=1S/C48H30N2O/c1-3-14-33(15-4-1)49-42-23-11-8-19-38(42)47-37(21-13-24-43(47)49)40-28-32(30-46-48(40)39-20-9-12-25-45(39)51-46)31-26-27-36-35-18-7-10-22-41(35)50(44(36)29-31)34-16-5-2-6-17-34/h1-30H. The minimum atomic E-state index is 0.885. The smallest absolute Gasteiger partial charge is 0.136 e. The quantitative estimate of drug-likeness (QED) is 0.186. The Morgan fingerprint density at radius 1 is 0.314 bits per heavy atom. The van der Waals surface area contributed by atoms with Crippen LogP contribution in [0.2, 0.25) is 0 Å². The fourth-order valence-electron chi connectivity index (χ4n) is 8.34. The van der Waals surface area contributed by atoms with Gasteiger partial charge in [0.15, 0.2) is 0 Å². The lowest BCUT2D eigenvalue weighted by molar-refractivity contribution is 0.669. The van der Waals surface area contributed by atoms with Crippen molar-refractivity contribution in [3.8, 4) is 33.6 Å². The normalized spacial score (nSPS) is 11.9. The Morgan fingerprint density at radius 2 is 0.902 bits per heavy atom. The number of furan rings is 1. The number of fused-ring (bicyclic) bond motifs is 9. The second-order valence-corrected chi connectivity index (χ2v) is 13.3. The zero-order chi connectivity index (χ0) is 33.5. The molecule has 0 N–H and O–H groups in total. The highest BCUT2D eigenvalue weighted by molar-refractivity contribution is 6.21. The van der Waals surface area contributed by atoms with Crippen molar-refractivity contribution in [1.82, 2.24) is 9.13 Å². The van der Waals surface area contributed by atoms with Gasteiger partial charge >= 0.3 is 0 Å². The van der Waals surface area contributed by atoms with Crippen molar-refractivity contribution in [2.45, 2.75) is 0 Å². The van der Waals surface area contributed by atoms with E-state index in [-0.39, 0.29) is 0 Å². The number of benzene rings is 8. The number of rotatable bonds is 4. The molecule has 0 saturated carbocycles. The van der Waals surface area contributed by atoms with Gasteiger partial charge in [-0.2, -0.15) is 0 Å². The lowest BCUT2D eigenvalue weighted by atomic mass is 9.92. The molecule has 0 radical (unpaired) electrons. The highest BCUT2D eigenvalue weighted by atomic mass is 16.3. The van der Waals surface area contributed by atoms with Gasteiger partial charge in [-0.15, -0.1) is 0 Å². The third kappa shape index (κ3) is 4.12. The summed E-state index contributed by atoms with van der Waals surface area (Å²) in [7, 11) is 0. The molecule has 0 spiro atoms. The zero-order valence-electron chi connectivity index (χ0n) is 27.6. The molecular formula is C48H30N2O. The maximum atomic E-state index is 6.67. The SMILES string of the molecule is c1ccc(-n2c3ccccc3c3ccc(-c4cc(-c5cccc6c5c5ccccc5n6-c5ccccc5)c5c(c4)oc4ccccc45)cc32)cc1. The molecule has 11 aromatic rings. The van der Waals surface area contributed by atoms with Crippen molar-refractivity contribution in [3.63, 3.8) is 0 Å². The van der Waals surface area contributed by atoms with Crippen molar-refractivity contribution in [2.24, 2.45) is 0 Å². The van der Waals surface area contributed by atoms with E-state index in [1.807, 2.05) is 0 Å². The van der Waals surface area contributed by atoms with Crippen LogP contribution in [0.25, 0.3) is 99.2 Å². The molecule has 3 nitrogen and oxygen atoms in total. The Labute approximate surface area is 293 Å². The summed E-state index contributed by atoms with van der Waals surface area (Å²) < 4.78 is 11.4. The van der Waals surface area contributed by atoms with Crippen LogP contribution < -0.4 is 0 Å². The van der Waals surface area contributed by atoms with Crippen molar-refractivity contribution < 1.29 is 4.42 Å². The summed E-state index contributed by atoms with van der Waals surface area (Å²) >= 11 is 0. The largest absolute Gasteiger partial charge is 0.456 e. The molecule has 0 saturated heterocycles. The summed E-state index contributed by atoms with van der Waals surface area (Å²) in [6.07, 6.45) is 0. The number of hydrogen-bond donors (Lipinski definition) is 0. The first-order valence-electron chi connectivity index (χ1n) is 17.4. The second kappa shape index (κ2) is 10.8. The van der Waals surface area contributed by atoms with E-state index in [9.17, 15) is 0 Å². The first-order chi connectivity index (χ1) is 25.3. The predicted molar refractivity (Wildman–Crippen MR) is 213 cm³/mol. The van der Waals surface area contributed by atoms with Crippen LogP contribution in [0.1, 0.15) is 0 Å². The fourth-order valence-corrected chi connectivity index (χ4v) is 8.34. The molecule has 0 amide bonds. The van der Waals surface area contributed by atoms with Gasteiger partial charge in [0.1, 0.15) is 11.2 Å². The van der Waals surface area contributed by atoms with Crippen LogP contribution in [-0.4, -0.2) is 9.13 Å². The Morgan fingerprint density at radius 3 is 1.67 bits per heavy atom.